The van der Waals surface area contributed by atoms with Gasteiger partial charge in [0.1, 0.15) is 11.9 Å². The second kappa shape index (κ2) is 5.68. The number of hydrogen-bond acceptors (Lipinski definition) is 4. The Kier molecular flexibility index (Phi) is 4.20. The minimum atomic E-state index is 0.584. The molecule has 1 aliphatic heterocycles. The van der Waals surface area contributed by atoms with Gasteiger partial charge in [0.2, 0.25) is 0 Å². The Balaban J connectivity index is 2.13. The highest BCUT2D eigenvalue weighted by molar-refractivity contribution is 9.10. The molecule has 4 nitrogen and oxygen atoms in total. The van der Waals surface area contributed by atoms with Crippen molar-refractivity contribution in [1.82, 2.24) is 9.88 Å². The quantitative estimate of drug-likeness (QED) is 0.840. The number of pyridine rings is 1. The van der Waals surface area contributed by atoms with Gasteiger partial charge in [-0.1, -0.05) is 0 Å². The molecule has 0 aromatic carbocycles. The van der Waals surface area contributed by atoms with Crippen LogP contribution in [0.3, 0.4) is 0 Å². The number of piperazine rings is 1. The molecular weight excluding hydrogens is 292 g/mol. The normalized spacial score (nSPS) is 16.9. The lowest BCUT2D eigenvalue weighted by Crippen LogP contribution is -2.49. The molecular formula is C13H17BrN4. The minimum Gasteiger partial charge on any atom is -0.353 e. The van der Waals surface area contributed by atoms with Gasteiger partial charge in [-0.2, -0.15) is 5.26 Å². The standard InChI is InChI=1S/C13H17BrN4/c1-10(2)17-3-5-18(6-4-17)13-11(8-15)7-12(14)9-16-13/h7,9-10H,3-6H2,1-2H3. The van der Waals surface area contributed by atoms with Crippen LogP contribution in [-0.4, -0.2) is 42.1 Å². The molecule has 0 radical (unpaired) electrons. The van der Waals surface area contributed by atoms with Gasteiger partial charge in [-0.3, -0.25) is 4.90 Å². The van der Waals surface area contributed by atoms with Crippen molar-refractivity contribution in [1.29, 1.82) is 5.26 Å². The van der Waals surface area contributed by atoms with Crippen molar-refractivity contribution >= 4 is 21.7 Å². The van der Waals surface area contributed by atoms with Crippen LogP contribution in [0.1, 0.15) is 19.4 Å². The number of anilines is 1. The number of nitriles is 1. The van der Waals surface area contributed by atoms with E-state index in [2.05, 4.69) is 50.6 Å². The van der Waals surface area contributed by atoms with E-state index >= 15 is 0 Å². The molecule has 0 aliphatic carbocycles. The van der Waals surface area contributed by atoms with Gasteiger partial charge in [0.05, 0.1) is 5.56 Å². The van der Waals surface area contributed by atoms with E-state index in [0.29, 0.717) is 11.6 Å². The third kappa shape index (κ3) is 2.82. The molecule has 1 aromatic rings. The Bertz CT molecular complexity index is 459. The van der Waals surface area contributed by atoms with Gasteiger partial charge in [-0.15, -0.1) is 0 Å². The molecule has 0 N–H and O–H groups in total. The second-order valence-corrected chi connectivity index (χ2v) is 5.67. The van der Waals surface area contributed by atoms with Gasteiger partial charge in [-0.25, -0.2) is 4.98 Å². The first-order valence-electron chi connectivity index (χ1n) is 6.16. The summed E-state index contributed by atoms with van der Waals surface area (Å²) in [6, 6.07) is 4.63. The molecule has 18 heavy (non-hydrogen) atoms. The van der Waals surface area contributed by atoms with Crippen LogP contribution in [0, 0.1) is 11.3 Å². The van der Waals surface area contributed by atoms with Crippen LogP contribution in [0.5, 0.6) is 0 Å². The van der Waals surface area contributed by atoms with E-state index in [1.807, 2.05) is 6.07 Å². The van der Waals surface area contributed by atoms with Crippen molar-refractivity contribution in [2.24, 2.45) is 0 Å². The van der Waals surface area contributed by atoms with E-state index in [9.17, 15) is 0 Å². The largest absolute Gasteiger partial charge is 0.353 e. The zero-order valence-electron chi connectivity index (χ0n) is 10.7. The average Bonchev–Trinajstić information content (AvgIpc) is 2.38. The highest BCUT2D eigenvalue weighted by atomic mass is 79.9. The Morgan fingerprint density at radius 1 is 1.33 bits per heavy atom. The molecule has 1 aliphatic rings. The first-order valence-corrected chi connectivity index (χ1v) is 6.95. The van der Waals surface area contributed by atoms with E-state index < -0.39 is 0 Å². The van der Waals surface area contributed by atoms with E-state index in [-0.39, 0.29) is 0 Å². The van der Waals surface area contributed by atoms with Crippen molar-refractivity contribution < 1.29 is 0 Å². The molecule has 0 amide bonds. The van der Waals surface area contributed by atoms with Crippen molar-refractivity contribution in [3.63, 3.8) is 0 Å². The molecule has 0 spiro atoms. The summed E-state index contributed by atoms with van der Waals surface area (Å²) in [4.78, 5) is 9.02. The Hall–Kier alpha value is -1.12. The Morgan fingerprint density at radius 3 is 2.56 bits per heavy atom. The molecule has 96 valence electrons. The van der Waals surface area contributed by atoms with Crippen LogP contribution >= 0.6 is 15.9 Å². The minimum absolute atomic E-state index is 0.584. The third-order valence-corrected chi connectivity index (χ3v) is 3.73. The summed E-state index contributed by atoms with van der Waals surface area (Å²) < 4.78 is 0.851. The highest BCUT2D eigenvalue weighted by Crippen LogP contribution is 2.22. The average molecular weight is 309 g/mol. The van der Waals surface area contributed by atoms with Gasteiger partial charge in [0.15, 0.2) is 0 Å². The van der Waals surface area contributed by atoms with Crippen molar-refractivity contribution in [3.8, 4) is 6.07 Å². The van der Waals surface area contributed by atoms with Gasteiger partial charge >= 0.3 is 0 Å². The lowest BCUT2D eigenvalue weighted by Gasteiger charge is -2.37. The number of aromatic nitrogens is 1. The molecule has 0 saturated carbocycles. The number of nitrogens with zero attached hydrogens (tertiary/aromatic N) is 4. The van der Waals surface area contributed by atoms with Crippen LogP contribution in [0.25, 0.3) is 0 Å². The lowest BCUT2D eigenvalue weighted by atomic mass is 10.2. The fourth-order valence-electron chi connectivity index (χ4n) is 2.22. The first kappa shape index (κ1) is 13.3. The van der Waals surface area contributed by atoms with E-state index in [1.165, 1.54) is 0 Å². The maximum atomic E-state index is 9.17. The van der Waals surface area contributed by atoms with Crippen LogP contribution in [-0.2, 0) is 0 Å². The zero-order valence-corrected chi connectivity index (χ0v) is 12.3. The summed E-state index contributed by atoms with van der Waals surface area (Å²) >= 11 is 3.35. The maximum absolute atomic E-state index is 9.17. The number of hydrogen-bond donors (Lipinski definition) is 0. The summed E-state index contributed by atoms with van der Waals surface area (Å²) in [6.45, 7) is 8.35. The summed E-state index contributed by atoms with van der Waals surface area (Å²) in [6.07, 6.45) is 1.75. The summed E-state index contributed by atoms with van der Waals surface area (Å²) in [5.74, 6) is 0.809. The molecule has 1 fully saturated rings. The fourth-order valence-corrected chi connectivity index (χ4v) is 2.55. The molecule has 1 aromatic heterocycles. The summed E-state index contributed by atoms with van der Waals surface area (Å²) in [5.41, 5.74) is 0.641. The van der Waals surface area contributed by atoms with Gasteiger partial charge in [0.25, 0.3) is 0 Å². The maximum Gasteiger partial charge on any atom is 0.146 e. The monoisotopic (exact) mass is 308 g/mol. The fraction of sp³-hybridized carbons (Fsp3) is 0.538. The van der Waals surface area contributed by atoms with Crippen LogP contribution in [0.2, 0.25) is 0 Å². The van der Waals surface area contributed by atoms with Crippen LogP contribution in [0.4, 0.5) is 5.82 Å². The lowest BCUT2D eigenvalue weighted by molar-refractivity contribution is 0.209. The molecule has 1 saturated heterocycles. The first-order chi connectivity index (χ1) is 8.61. The summed E-state index contributed by atoms with van der Waals surface area (Å²) in [5, 5.41) is 9.17. The molecule has 5 heteroatoms. The Morgan fingerprint density at radius 2 is 2.00 bits per heavy atom. The van der Waals surface area contributed by atoms with E-state index in [4.69, 9.17) is 5.26 Å². The van der Waals surface area contributed by atoms with Crippen LogP contribution < -0.4 is 4.90 Å². The van der Waals surface area contributed by atoms with E-state index in [1.54, 1.807) is 6.20 Å². The second-order valence-electron chi connectivity index (χ2n) is 4.75. The SMILES string of the molecule is CC(C)N1CCN(c2ncc(Br)cc2C#N)CC1. The molecule has 0 unspecified atom stereocenters. The van der Waals surface area contributed by atoms with Crippen LogP contribution in [0.15, 0.2) is 16.7 Å². The number of rotatable bonds is 2. The zero-order chi connectivity index (χ0) is 13.1. The van der Waals surface area contributed by atoms with Gasteiger partial charge in [0, 0.05) is 42.9 Å². The van der Waals surface area contributed by atoms with E-state index in [0.717, 1.165) is 36.5 Å². The molecule has 2 rings (SSSR count). The number of halogens is 1. The van der Waals surface area contributed by atoms with Crippen molar-refractivity contribution in [3.05, 3.63) is 22.3 Å². The molecule has 2 heterocycles. The predicted octanol–water partition coefficient (Wildman–Crippen LogP) is 2.25. The predicted molar refractivity (Wildman–Crippen MR) is 75.6 cm³/mol. The molecule has 0 atom stereocenters. The Labute approximate surface area is 116 Å². The molecule has 0 bridgehead atoms. The topological polar surface area (TPSA) is 43.2 Å². The van der Waals surface area contributed by atoms with Gasteiger partial charge in [-0.05, 0) is 35.8 Å². The van der Waals surface area contributed by atoms with Crippen molar-refractivity contribution in [2.45, 2.75) is 19.9 Å². The third-order valence-electron chi connectivity index (χ3n) is 3.30. The summed E-state index contributed by atoms with van der Waals surface area (Å²) in [7, 11) is 0. The smallest absolute Gasteiger partial charge is 0.146 e. The van der Waals surface area contributed by atoms with Gasteiger partial charge < -0.3 is 4.90 Å². The van der Waals surface area contributed by atoms with Crippen molar-refractivity contribution in [2.75, 3.05) is 31.1 Å². The highest BCUT2D eigenvalue weighted by Gasteiger charge is 2.21.